The zero-order valence-corrected chi connectivity index (χ0v) is 13.9. The van der Waals surface area contributed by atoms with Crippen molar-refractivity contribution in [3.8, 4) is 0 Å². The van der Waals surface area contributed by atoms with Crippen LogP contribution in [0.5, 0.6) is 0 Å². The molecule has 1 amide bonds. The van der Waals surface area contributed by atoms with E-state index in [4.69, 9.17) is 0 Å². The molecule has 1 atom stereocenters. The highest BCUT2D eigenvalue weighted by atomic mass is 16.3. The molecule has 6 heteroatoms. The van der Waals surface area contributed by atoms with Crippen LogP contribution >= 0.6 is 0 Å². The molecule has 1 unspecified atom stereocenters. The number of amides is 1. The van der Waals surface area contributed by atoms with E-state index in [-0.39, 0.29) is 30.5 Å². The number of aliphatic hydroxyl groups excluding tert-OH is 1. The van der Waals surface area contributed by atoms with Crippen molar-refractivity contribution < 1.29 is 9.90 Å². The number of rotatable bonds is 5. The Labute approximate surface area is 140 Å². The number of fused-ring (bicyclic) bond motifs is 1. The number of carbonyl (C=O) groups excluding carboxylic acids is 1. The number of hydrogen-bond donors (Lipinski definition) is 2. The Kier molecular flexibility index (Phi) is 4.94. The van der Waals surface area contributed by atoms with E-state index in [0.717, 1.165) is 31.2 Å². The first kappa shape index (κ1) is 16.6. The number of carbonyl (C=O) groups is 1. The largest absolute Gasteiger partial charge is 0.391 e. The van der Waals surface area contributed by atoms with Gasteiger partial charge in [-0.1, -0.05) is 25.0 Å². The summed E-state index contributed by atoms with van der Waals surface area (Å²) in [4.78, 5) is 28.8. The molecule has 1 fully saturated rings. The number of hydrogen-bond acceptors (Lipinski definition) is 4. The van der Waals surface area contributed by atoms with Gasteiger partial charge in [0.05, 0.1) is 23.3 Å². The van der Waals surface area contributed by atoms with Gasteiger partial charge in [0.1, 0.15) is 6.54 Å². The molecule has 1 heterocycles. The van der Waals surface area contributed by atoms with Crippen LogP contribution in [0.3, 0.4) is 0 Å². The Hall–Kier alpha value is -2.21. The van der Waals surface area contributed by atoms with Crippen LogP contribution in [0.4, 0.5) is 0 Å². The molecule has 1 aromatic carbocycles. The first-order chi connectivity index (χ1) is 11.6. The molecule has 128 valence electrons. The van der Waals surface area contributed by atoms with E-state index in [2.05, 4.69) is 10.3 Å². The van der Waals surface area contributed by atoms with Gasteiger partial charge in [-0.05, 0) is 37.3 Å². The van der Waals surface area contributed by atoms with Crippen molar-refractivity contribution in [3.63, 3.8) is 0 Å². The number of nitrogens with zero attached hydrogens (tertiary/aromatic N) is 2. The van der Waals surface area contributed by atoms with E-state index in [9.17, 15) is 14.7 Å². The van der Waals surface area contributed by atoms with Gasteiger partial charge in [0, 0.05) is 6.54 Å². The number of para-hydroxylation sites is 1. The molecule has 1 saturated carbocycles. The summed E-state index contributed by atoms with van der Waals surface area (Å²) in [6.45, 7) is 2.04. The quantitative estimate of drug-likeness (QED) is 0.868. The smallest absolute Gasteiger partial charge is 0.261 e. The summed E-state index contributed by atoms with van der Waals surface area (Å²) in [5.41, 5.74) is 1.37. The average molecular weight is 329 g/mol. The van der Waals surface area contributed by atoms with Gasteiger partial charge in [-0.15, -0.1) is 0 Å². The standard InChI is InChI=1S/C18H23N3O3/c1-12-5-4-8-14-17(12)20-11-21(18(14)24)10-16(23)19-9-15(22)13-6-2-3-7-13/h4-5,8,11,13,15,22H,2-3,6-7,9-10H2,1H3,(H,19,23). The second-order valence-corrected chi connectivity index (χ2v) is 6.56. The van der Waals surface area contributed by atoms with Crippen LogP contribution in [0.15, 0.2) is 29.3 Å². The van der Waals surface area contributed by atoms with Gasteiger partial charge in [0.15, 0.2) is 0 Å². The third-order valence-electron chi connectivity index (χ3n) is 4.82. The van der Waals surface area contributed by atoms with Crippen molar-refractivity contribution in [2.45, 2.75) is 45.3 Å². The van der Waals surface area contributed by atoms with E-state index in [1.165, 1.54) is 10.9 Å². The fourth-order valence-electron chi connectivity index (χ4n) is 3.39. The Morgan fingerprint density at radius 1 is 1.42 bits per heavy atom. The van der Waals surface area contributed by atoms with E-state index in [1.807, 2.05) is 19.1 Å². The Balaban J connectivity index is 1.65. The summed E-state index contributed by atoms with van der Waals surface area (Å²) in [6.07, 6.45) is 5.23. The highest BCUT2D eigenvalue weighted by Gasteiger charge is 2.23. The predicted octanol–water partition coefficient (Wildman–Crippen LogP) is 1.37. The highest BCUT2D eigenvalue weighted by Crippen LogP contribution is 2.27. The molecule has 0 radical (unpaired) electrons. The highest BCUT2D eigenvalue weighted by molar-refractivity contribution is 5.81. The normalized spacial score (nSPS) is 16.4. The first-order valence-corrected chi connectivity index (χ1v) is 8.46. The SMILES string of the molecule is Cc1cccc2c(=O)n(CC(=O)NCC(O)C3CCCC3)cnc12. The van der Waals surface area contributed by atoms with Crippen LogP contribution in [-0.4, -0.2) is 33.2 Å². The maximum atomic E-state index is 12.5. The summed E-state index contributed by atoms with van der Waals surface area (Å²) >= 11 is 0. The van der Waals surface area contributed by atoms with Gasteiger partial charge in [-0.2, -0.15) is 0 Å². The third-order valence-corrected chi connectivity index (χ3v) is 4.82. The lowest BCUT2D eigenvalue weighted by molar-refractivity contribution is -0.122. The average Bonchev–Trinajstić information content (AvgIpc) is 3.10. The minimum absolute atomic E-state index is 0.0902. The van der Waals surface area contributed by atoms with E-state index < -0.39 is 6.10 Å². The van der Waals surface area contributed by atoms with Crippen LogP contribution in [-0.2, 0) is 11.3 Å². The minimum Gasteiger partial charge on any atom is -0.391 e. The van der Waals surface area contributed by atoms with Crippen LogP contribution in [0.1, 0.15) is 31.2 Å². The Morgan fingerprint density at radius 3 is 2.92 bits per heavy atom. The number of aliphatic hydroxyl groups is 1. The molecule has 2 N–H and O–H groups in total. The number of benzene rings is 1. The van der Waals surface area contributed by atoms with Crippen molar-refractivity contribution in [3.05, 3.63) is 40.4 Å². The zero-order valence-electron chi connectivity index (χ0n) is 13.9. The lowest BCUT2D eigenvalue weighted by Crippen LogP contribution is -2.38. The predicted molar refractivity (Wildman–Crippen MR) is 91.7 cm³/mol. The maximum Gasteiger partial charge on any atom is 0.261 e. The molecule has 1 aliphatic rings. The van der Waals surface area contributed by atoms with E-state index >= 15 is 0 Å². The number of aryl methyl sites for hydroxylation is 1. The molecule has 0 saturated heterocycles. The van der Waals surface area contributed by atoms with Crippen LogP contribution in [0.2, 0.25) is 0 Å². The van der Waals surface area contributed by atoms with Gasteiger partial charge in [-0.25, -0.2) is 4.98 Å². The molecule has 24 heavy (non-hydrogen) atoms. The topological polar surface area (TPSA) is 84.2 Å². The summed E-state index contributed by atoms with van der Waals surface area (Å²) < 4.78 is 1.30. The molecule has 1 aliphatic carbocycles. The van der Waals surface area contributed by atoms with Crippen LogP contribution in [0, 0.1) is 12.8 Å². The minimum atomic E-state index is -0.509. The van der Waals surface area contributed by atoms with Crippen LogP contribution < -0.4 is 10.9 Å². The molecule has 0 aliphatic heterocycles. The van der Waals surface area contributed by atoms with Crippen LogP contribution in [0.25, 0.3) is 10.9 Å². The number of nitrogens with one attached hydrogen (secondary N) is 1. The van der Waals surface area contributed by atoms with Gasteiger partial charge in [0.25, 0.3) is 5.56 Å². The van der Waals surface area contributed by atoms with E-state index in [1.54, 1.807) is 6.07 Å². The first-order valence-electron chi connectivity index (χ1n) is 8.46. The van der Waals surface area contributed by atoms with Crippen molar-refractivity contribution in [1.29, 1.82) is 0 Å². The summed E-state index contributed by atoms with van der Waals surface area (Å²) in [6, 6.07) is 5.43. The molecular formula is C18H23N3O3. The van der Waals surface area contributed by atoms with Crippen molar-refractivity contribution in [2.75, 3.05) is 6.54 Å². The van der Waals surface area contributed by atoms with Crippen molar-refractivity contribution >= 4 is 16.8 Å². The van der Waals surface area contributed by atoms with Gasteiger partial charge >= 0.3 is 0 Å². The Morgan fingerprint density at radius 2 is 2.17 bits per heavy atom. The maximum absolute atomic E-state index is 12.5. The molecule has 1 aromatic heterocycles. The second kappa shape index (κ2) is 7.13. The summed E-state index contributed by atoms with van der Waals surface area (Å²) in [5, 5.41) is 13.3. The molecular weight excluding hydrogens is 306 g/mol. The lowest BCUT2D eigenvalue weighted by atomic mass is 10.0. The third kappa shape index (κ3) is 3.48. The van der Waals surface area contributed by atoms with E-state index in [0.29, 0.717) is 10.9 Å². The molecule has 3 rings (SSSR count). The molecule has 2 aromatic rings. The monoisotopic (exact) mass is 329 g/mol. The van der Waals surface area contributed by atoms with Gasteiger partial charge < -0.3 is 10.4 Å². The van der Waals surface area contributed by atoms with Gasteiger partial charge in [-0.3, -0.25) is 14.2 Å². The summed E-state index contributed by atoms with van der Waals surface area (Å²) in [5.74, 6) is -0.0127. The van der Waals surface area contributed by atoms with Gasteiger partial charge in [0.2, 0.25) is 5.91 Å². The van der Waals surface area contributed by atoms with Crippen molar-refractivity contribution in [2.24, 2.45) is 5.92 Å². The molecule has 0 spiro atoms. The Bertz CT molecular complexity index is 794. The second-order valence-electron chi connectivity index (χ2n) is 6.56. The summed E-state index contributed by atoms with van der Waals surface area (Å²) in [7, 11) is 0. The lowest BCUT2D eigenvalue weighted by Gasteiger charge is -2.18. The fraction of sp³-hybridized carbons (Fsp3) is 0.500. The molecule has 6 nitrogen and oxygen atoms in total. The zero-order chi connectivity index (χ0) is 17.1. The van der Waals surface area contributed by atoms with Crippen molar-refractivity contribution in [1.82, 2.24) is 14.9 Å². The fourth-order valence-corrected chi connectivity index (χ4v) is 3.39. The molecule has 0 bridgehead atoms. The number of aromatic nitrogens is 2.